The largest absolute Gasteiger partial charge is 0.464 e. The third-order valence-corrected chi connectivity index (χ3v) is 15.5. The molecule has 1 heterocycles. The molecule has 4 aliphatic carbocycles. The summed E-state index contributed by atoms with van der Waals surface area (Å²) < 4.78 is 40.9. The van der Waals surface area contributed by atoms with Crippen molar-refractivity contribution in [3.63, 3.8) is 0 Å². The fraction of sp³-hybridized carbons (Fsp3) is 0.744. The van der Waals surface area contributed by atoms with E-state index in [1.165, 1.54) is 24.3 Å². The van der Waals surface area contributed by atoms with Gasteiger partial charge in [0.05, 0.1) is 35.5 Å². The van der Waals surface area contributed by atoms with Gasteiger partial charge in [0.15, 0.2) is 0 Å². The normalized spacial score (nSPS) is 32.9. The van der Waals surface area contributed by atoms with Crippen LogP contribution < -0.4 is 15.0 Å². The van der Waals surface area contributed by atoms with Gasteiger partial charge >= 0.3 is 16.9 Å². The number of hydrogen-bond acceptors (Lipinski definition) is 11. The number of fused-ring (bicyclic) bond motifs is 5. The van der Waals surface area contributed by atoms with Crippen LogP contribution >= 0.6 is 0 Å². The summed E-state index contributed by atoms with van der Waals surface area (Å²) in [5.41, 5.74) is 0.348. The van der Waals surface area contributed by atoms with Gasteiger partial charge in [-0.1, -0.05) is 39.0 Å². The van der Waals surface area contributed by atoms with Crippen molar-refractivity contribution in [3.8, 4) is 5.88 Å². The average Bonchev–Trinajstić information content (AvgIpc) is 3.69. The van der Waals surface area contributed by atoms with E-state index < -0.39 is 26.7 Å². The second-order valence-corrected chi connectivity index (χ2v) is 18.6. The lowest BCUT2D eigenvalue weighted by Gasteiger charge is -2.62. The third kappa shape index (κ3) is 8.10. The van der Waals surface area contributed by atoms with Crippen LogP contribution in [0.1, 0.15) is 104 Å². The molecule has 294 valence electrons. The second-order valence-electron chi connectivity index (χ2n) is 16.7. The van der Waals surface area contributed by atoms with Crippen molar-refractivity contribution >= 4 is 21.7 Å². The zero-order valence-corrected chi connectivity index (χ0v) is 32.1. The molecular formula is C39H57N3O10S. The number of aliphatic hydroxyl groups excluding tert-OH is 2. The molecule has 1 amide bonds. The standard InChI is InChI=1S/C39H57N3O10S/c1-25(29-13-14-30-35-31(17-19-39(29,30)3)38(2)18-16-27(43)22-26(38)23-32(35)44)12-15-33(45)40-24-34(46)50-20-8-5-9-21-51-36-37(42(47)52-41-36)53(48,49)28-10-6-4-7-11-28/h4,6-7,10-11,25-27,29-32,35,43-44H,5,8-9,12-24H2,1-3H3,(H,40,45)/t25-,26+,27-,29-,30+,31+,32+,35?,38+,39-/m1/s1. The second kappa shape index (κ2) is 16.2. The van der Waals surface area contributed by atoms with Crippen molar-refractivity contribution in [3.05, 3.63) is 35.5 Å². The van der Waals surface area contributed by atoms with E-state index in [0.29, 0.717) is 61.2 Å². The lowest BCUT2D eigenvalue weighted by Crippen LogP contribution is -2.58. The number of hydrogen-bond donors (Lipinski definition) is 3. The Hall–Kier alpha value is -3.23. The fourth-order valence-electron chi connectivity index (χ4n) is 11.0. The SMILES string of the molecule is C[C@H](CCC(=O)NCC(=O)OCCCCCOc1no[n+]([O-])c1S(=O)(=O)c1ccccc1)[C@H]1CC[C@H]2C3[C@@H](O)C[C@@H]4C[C@H](O)CC[C@]4(C)[C@H]3CC[C@]12C. The first kappa shape index (κ1) is 39.5. The highest BCUT2D eigenvalue weighted by Gasteiger charge is 2.62. The van der Waals surface area contributed by atoms with Crippen LogP contribution in [0.15, 0.2) is 44.9 Å². The number of nitrogens with zero attached hydrogens (tertiary/aromatic N) is 2. The fourth-order valence-corrected chi connectivity index (χ4v) is 12.3. The molecule has 0 radical (unpaired) electrons. The molecule has 1 unspecified atom stereocenters. The van der Waals surface area contributed by atoms with E-state index in [0.717, 1.165) is 57.8 Å². The summed E-state index contributed by atoms with van der Waals surface area (Å²) in [5.74, 6) is 1.45. The van der Waals surface area contributed by atoms with Crippen molar-refractivity contribution in [1.29, 1.82) is 0 Å². The molecule has 10 atom stereocenters. The summed E-state index contributed by atoms with van der Waals surface area (Å²) in [4.78, 5) is 24.7. The topological polar surface area (TPSA) is 192 Å². The minimum atomic E-state index is -4.19. The Labute approximate surface area is 312 Å². The average molecular weight is 760 g/mol. The summed E-state index contributed by atoms with van der Waals surface area (Å²) in [6.45, 7) is 7.16. The maximum Gasteiger partial charge on any atom is 0.414 e. The maximum absolute atomic E-state index is 12.9. The molecule has 6 rings (SSSR count). The van der Waals surface area contributed by atoms with Crippen molar-refractivity contribution < 1.29 is 47.2 Å². The van der Waals surface area contributed by atoms with Crippen LogP contribution in [0.4, 0.5) is 0 Å². The van der Waals surface area contributed by atoms with Crippen LogP contribution in [0.5, 0.6) is 5.88 Å². The Morgan fingerprint density at radius 3 is 2.51 bits per heavy atom. The van der Waals surface area contributed by atoms with Gasteiger partial charge < -0.3 is 30.2 Å². The molecule has 3 N–H and O–H groups in total. The van der Waals surface area contributed by atoms with E-state index in [1.807, 2.05) is 0 Å². The molecule has 0 aliphatic heterocycles. The molecule has 0 saturated heterocycles. The van der Waals surface area contributed by atoms with Crippen LogP contribution in [0.2, 0.25) is 0 Å². The molecule has 2 aromatic rings. The number of carbonyl (C=O) groups excluding carboxylic acids is 2. The number of esters is 1. The molecule has 4 aliphatic rings. The molecular weight excluding hydrogens is 703 g/mol. The Morgan fingerprint density at radius 2 is 1.74 bits per heavy atom. The highest BCUT2D eigenvalue weighted by molar-refractivity contribution is 7.91. The van der Waals surface area contributed by atoms with E-state index in [9.17, 15) is 33.4 Å². The number of unbranched alkanes of at least 4 members (excludes halogenated alkanes) is 2. The number of rotatable bonds is 15. The molecule has 4 fully saturated rings. The number of aromatic nitrogens is 2. The van der Waals surface area contributed by atoms with Gasteiger partial charge in [0.25, 0.3) is 9.84 Å². The first-order valence-electron chi connectivity index (χ1n) is 19.6. The first-order chi connectivity index (χ1) is 25.3. The Balaban J connectivity index is 0.868. The van der Waals surface area contributed by atoms with Crippen LogP contribution in [0, 0.1) is 51.5 Å². The highest BCUT2D eigenvalue weighted by atomic mass is 32.2. The lowest BCUT2D eigenvalue weighted by molar-refractivity contribution is -0.832. The summed E-state index contributed by atoms with van der Waals surface area (Å²) >= 11 is 0. The number of amides is 1. The van der Waals surface area contributed by atoms with Crippen molar-refractivity contribution in [2.45, 2.75) is 126 Å². The Morgan fingerprint density at radius 1 is 1.02 bits per heavy atom. The van der Waals surface area contributed by atoms with Gasteiger partial charge in [0.1, 0.15) is 6.54 Å². The molecule has 0 spiro atoms. The molecule has 1 aromatic heterocycles. The minimum absolute atomic E-state index is 0.0710. The highest BCUT2D eigenvalue weighted by Crippen LogP contribution is 2.68. The quantitative estimate of drug-likeness (QED) is 0.129. The number of sulfone groups is 1. The monoisotopic (exact) mass is 759 g/mol. The third-order valence-electron chi connectivity index (χ3n) is 13.8. The predicted octanol–water partition coefficient (Wildman–Crippen LogP) is 4.76. The van der Waals surface area contributed by atoms with Gasteiger partial charge in [-0.3, -0.25) is 14.2 Å². The summed E-state index contributed by atoms with van der Waals surface area (Å²) in [6, 6.07) is 7.45. The van der Waals surface area contributed by atoms with E-state index in [-0.39, 0.29) is 58.5 Å². The minimum Gasteiger partial charge on any atom is -0.464 e. The van der Waals surface area contributed by atoms with Gasteiger partial charge in [-0.05, 0) is 140 Å². The number of ether oxygens (including phenoxy) is 2. The number of aliphatic hydroxyl groups is 2. The summed E-state index contributed by atoms with van der Waals surface area (Å²) in [5, 5.41) is 39.3. The zero-order chi connectivity index (χ0) is 38.0. The van der Waals surface area contributed by atoms with Gasteiger partial charge in [-0.2, -0.15) is 0 Å². The summed E-state index contributed by atoms with van der Waals surface area (Å²) in [6.07, 6.45) is 10.2. The molecule has 53 heavy (non-hydrogen) atoms. The molecule has 1 aromatic carbocycles. The van der Waals surface area contributed by atoms with Crippen molar-refractivity contribution in [1.82, 2.24) is 10.5 Å². The van der Waals surface area contributed by atoms with Crippen LogP contribution in [-0.2, 0) is 24.2 Å². The van der Waals surface area contributed by atoms with E-state index in [1.54, 1.807) is 6.07 Å². The van der Waals surface area contributed by atoms with Gasteiger partial charge in [-0.15, -0.1) is 0 Å². The van der Waals surface area contributed by atoms with Crippen LogP contribution in [-0.4, -0.2) is 67.6 Å². The molecule has 13 nitrogen and oxygen atoms in total. The zero-order valence-electron chi connectivity index (χ0n) is 31.3. The van der Waals surface area contributed by atoms with Crippen molar-refractivity contribution in [2.75, 3.05) is 19.8 Å². The number of benzene rings is 1. The van der Waals surface area contributed by atoms with Gasteiger partial charge in [-0.25, -0.2) is 8.42 Å². The van der Waals surface area contributed by atoms with E-state index >= 15 is 0 Å². The van der Waals surface area contributed by atoms with E-state index in [4.69, 9.17) is 9.47 Å². The smallest absolute Gasteiger partial charge is 0.414 e. The maximum atomic E-state index is 12.9. The Kier molecular flexibility index (Phi) is 12.1. The van der Waals surface area contributed by atoms with Crippen LogP contribution in [0.25, 0.3) is 0 Å². The summed E-state index contributed by atoms with van der Waals surface area (Å²) in [7, 11) is -4.19. The Bertz CT molecular complexity index is 1690. The van der Waals surface area contributed by atoms with Crippen molar-refractivity contribution in [2.24, 2.45) is 46.3 Å². The number of nitrogens with one attached hydrogen (secondary N) is 1. The van der Waals surface area contributed by atoms with Gasteiger partial charge in [0, 0.05) is 6.42 Å². The molecule has 0 bridgehead atoms. The van der Waals surface area contributed by atoms with E-state index in [2.05, 4.69) is 35.9 Å². The van der Waals surface area contributed by atoms with Gasteiger partial charge in [0.2, 0.25) is 5.91 Å². The first-order valence-corrected chi connectivity index (χ1v) is 21.0. The number of carbonyl (C=O) groups is 2. The lowest BCUT2D eigenvalue weighted by atomic mass is 9.43. The predicted molar refractivity (Wildman–Crippen MR) is 192 cm³/mol. The molecule has 14 heteroatoms. The molecule has 4 saturated carbocycles. The van der Waals surface area contributed by atoms with Crippen LogP contribution in [0.3, 0.4) is 0 Å².